The number of aromatic nitrogens is 2. The van der Waals surface area contributed by atoms with Crippen LogP contribution in [0.2, 0.25) is 5.15 Å². The van der Waals surface area contributed by atoms with Crippen LogP contribution in [0.3, 0.4) is 0 Å². The molecule has 0 spiro atoms. The van der Waals surface area contributed by atoms with Crippen molar-refractivity contribution < 1.29 is 0 Å². The summed E-state index contributed by atoms with van der Waals surface area (Å²) < 4.78 is 0. The van der Waals surface area contributed by atoms with Gasteiger partial charge in [0.05, 0.1) is 0 Å². The Morgan fingerprint density at radius 2 is 1.95 bits per heavy atom. The second-order valence-electron chi connectivity index (χ2n) is 5.40. The Morgan fingerprint density at radius 1 is 1.25 bits per heavy atom. The zero-order valence-corrected chi connectivity index (χ0v) is 14.1. The molecule has 0 radical (unpaired) electrons. The van der Waals surface area contributed by atoms with Crippen molar-refractivity contribution in [2.45, 2.75) is 30.8 Å². The molecule has 1 aromatic rings. The maximum Gasteiger partial charge on any atom is 0.190 e. The summed E-state index contributed by atoms with van der Waals surface area (Å²) in [6.45, 7) is 3.23. The van der Waals surface area contributed by atoms with Crippen LogP contribution in [0.4, 0.5) is 5.82 Å². The van der Waals surface area contributed by atoms with Gasteiger partial charge in [0.25, 0.3) is 0 Å². The van der Waals surface area contributed by atoms with Crippen molar-refractivity contribution in [3.05, 3.63) is 10.7 Å². The van der Waals surface area contributed by atoms with Gasteiger partial charge in [-0.15, -0.1) is 0 Å². The van der Waals surface area contributed by atoms with Gasteiger partial charge in [0.2, 0.25) is 0 Å². The maximum atomic E-state index is 6.40. The van der Waals surface area contributed by atoms with E-state index in [9.17, 15) is 0 Å². The lowest BCUT2D eigenvalue weighted by Crippen LogP contribution is -2.22. The van der Waals surface area contributed by atoms with Crippen molar-refractivity contribution in [2.24, 2.45) is 0 Å². The highest BCUT2D eigenvalue weighted by Crippen LogP contribution is 2.30. The van der Waals surface area contributed by atoms with E-state index in [1.165, 1.54) is 12.8 Å². The van der Waals surface area contributed by atoms with Crippen LogP contribution in [0.15, 0.2) is 5.16 Å². The van der Waals surface area contributed by atoms with Gasteiger partial charge < -0.3 is 9.80 Å². The van der Waals surface area contributed by atoms with E-state index in [-0.39, 0.29) is 0 Å². The normalized spacial score (nSPS) is 15.3. The van der Waals surface area contributed by atoms with Gasteiger partial charge in [-0.1, -0.05) is 23.4 Å². The predicted octanol–water partition coefficient (Wildman–Crippen LogP) is 2.95. The molecule has 20 heavy (non-hydrogen) atoms. The first kappa shape index (κ1) is 15.9. The average molecular weight is 315 g/mol. The third kappa shape index (κ3) is 3.99. The van der Waals surface area contributed by atoms with E-state index >= 15 is 0 Å². The van der Waals surface area contributed by atoms with Crippen LogP contribution < -0.4 is 4.90 Å². The Labute approximate surface area is 130 Å². The highest BCUT2D eigenvalue weighted by molar-refractivity contribution is 7.98. The Kier molecular flexibility index (Phi) is 5.93. The number of hydrogen-bond donors (Lipinski definition) is 0. The fourth-order valence-electron chi connectivity index (χ4n) is 2.50. The van der Waals surface area contributed by atoms with E-state index in [0.29, 0.717) is 5.15 Å². The Bertz CT molecular complexity index is 447. The number of nitrogens with zero attached hydrogens (tertiary/aromatic N) is 4. The molecule has 4 nitrogen and oxygen atoms in total. The molecule has 2 rings (SSSR count). The molecule has 1 fully saturated rings. The SMILES string of the molecule is CSc1nc(Cl)c(CCCN(C)C)c(N2CCCC2)n1. The molecule has 1 aliphatic heterocycles. The van der Waals surface area contributed by atoms with Gasteiger partial charge in [0.15, 0.2) is 5.16 Å². The number of anilines is 1. The summed E-state index contributed by atoms with van der Waals surface area (Å²) in [5.74, 6) is 1.06. The first-order valence-corrected chi connectivity index (χ1v) is 8.72. The molecule has 1 aliphatic rings. The van der Waals surface area contributed by atoms with Crippen LogP contribution in [0.5, 0.6) is 0 Å². The molecule has 0 amide bonds. The Balaban J connectivity index is 2.22. The number of thioether (sulfide) groups is 1. The monoisotopic (exact) mass is 314 g/mol. The second kappa shape index (κ2) is 7.48. The zero-order valence-electron chi connectivity index (χ0n) is 12.5. The molecule has 6 heteroatoms. The Morgan fingerprint density at radius 3 is 2.55 bits per heavy atom. The van der Waals surface area contributed by atoms with Crippen LogP contribution in [-0.4, -0.2) is 54.9 Å². The van der Waals surface area contributed by atoms with E-state index in [4.69, 9.17) is 16.6 Å². The Hall–Kier alpha value is -0.520. The molecule has 1 aromatic heterocycles. The van der Waals surface area contributed by atoms with E-state index < -0.39 is 0 Å². The zero-order chi connectivity index (χ0) is 14.5. The van der Waals surface area contributed by atoms with Crippen LogP contribution in [-0.2, 0) is 6.42 Å². The fraction of sp³-hybridized carbons (Fsp3) is 0.714. The van der Waals surface area contributed by atoms with Crippen LogP contribution >= 0.6 is 23.4 Å². The summed E-state index contributed by atoms with van der Waals surface area (Å²) >= 11 is 7.95. The number of rotatable bonds is 6. The van der Waals surface area contributed by atoms with Gasteiger partial charge in [-0.2, -0.15) is 0 Å². The lowest BCUT2D eigenvalue weighted by molar-refractivity contribution is 0.400. The summed E-state index contributed by atoms with van der Waals surface area (Å²) in [5, 5.41) is 1.40. The summed E-state index contributed by atoms with van der Waals surface area (Å²) in [6.07, 6.45) is 6.50. The average Bonchev–Trinajstić information content (AvgIpc) is 2.93. The minimum absolute atomic E-state index is 0.630. The molecule has 2 heterocycles. The summed E-state index contributed by atoms with van der Waals surface area (Å²) in [6, 6.07) is 0. The molecular weight excluding hydrogens is 292 g/mol. The van der Waals surface area contributed by atoms with Crippen molar-refractivity contribution in [2.75, 3.05) is 44.9 Å². The second-order valence-corrected chi connectivity index (χ2v) is 6.54. The summed E-state index contributed by atoms with van der Waals surface area (Å²) in [4.78, 5) is 13.7. The highest BCUT2D eigenvalue weighted by atomic mass is 35.5. The largest absolute Gasteiger partial charge is 0.356 e. The van der Waals surface area contributed by atoms with Crippen LogP contribution in [0, 0.1) is 0 Å². The van der Waals surface area contributed by atoms with Gasteiger partial charge in [-0.05, 0) is 52.6 Å². The van der Waals surface area contributed by atoms with Gasteiger partial charge in [0, 0.05) is 18.7 Å². The van der Waals surface area contributed by atoms with Crippen LogP contribution in [0.1, 0.15) is 24.8 Å². The first-order chi connectivity index (χ1) is 9.61. The standard InChI is InChI=1S/C14H23ClN4S/c1-18(2)8-6-7-11-12(15)16-14(20-3)17-13(11)19-9-4-5-10-19/h4-10H2,1-3H3. The third-order valence-electron chi connectivity index (χ3n) is 3.53. The minimum Gasteiger partial charge on any atom is -0.356 e. The van der Waals surface area contributed by atoms with Gasteiger partial charge in [-0.3, -0.25) is 0 Å². The topological polar surface area (TPSA) is 32.3 Å². The lowest BCUT2D eigenvalue weighted by Gasteiger charge is -2.21. The molecule has 0 atom stereocenters. The molecule has 0 bridgehead atoms. The molecule has 112 valence electrons. The van der Waals surface area contributed by atoms with E-state index in [1.807, 2.05) is 6.26 Å². The fourth-order valence-corrected chi connectivity index (χ4v) is 3.17. The summed E-state index contributed by atoms with van der Waals surface area (Å²) in [7, 11) is 4.19. The van der Waals surface area contributed by atoms with E-state index in [2.05, 4.69) is 28.9 Å². The van der Waals surface area contributed by atoms with Crippen molar-refractivity contribution in [1.29, 1.82) is 0 Å². The highest BCUT2D eigenvalue weighted by Gasteiger charge is 2.21. The summed E-state index contributed by atoms with van der Waals surface area (Å²) in [5.41, 5.74) is 1.12. The lowest BCUT2D eigenvalue weighted by atomic mass is 10.1. The van der Waals surface area contributed by atoms with Crippen molar-refractivity contribution in [3.63, 3.8) is 0 Å². The molecule has 0 N–H and O–H groups in total. The maximum absolute atomic E-state index is 6.40. The van der Waals surface area contributed by atoms with E-state index in [0.717, 1.165) is 49.0 Å². The van der Waals surface area contributed by atoms with Gasteiger partial charge >= 0.3 is 0 Å². The third-order valence-corrected chi connectivity index (χ3v) is 4.39. The molecule has 0 aliphatic carbocycles. The van der Waals surface area contributed by atoms with Gasteiger partial charge in [0.1, 0.15) is 11.0 Å². The molecule has 1 saturated heterocycles. The van der Waals surface area contributed by atoms with Crippen molar-refractivity contribution in [3.8, 4) is 0 Å². The molecule has 0 unspecified atom stereocenters. The van der Waals surface area contributed by atoms with Crippen molar-refractivity contribution >= 4 is 29.2 Å². The molecule has 0 saturated carbocycles. The predicted molar refractivity (Wildman–Crippen MR) is 87.1 cm³/mol. The molecular formula is C14H23ClN4S. The van der Waals surface area contributed by atoms with Gasteiger partial charge in [-0.25, -0.2) is 9.97 Å². The minimum atomic E-state index is 0.630. The van der Waals surface area contributed by atoms with Crippen LogP contribution in [0.25, 0.3) is 0 Å². The first-order valence-electron chi connectivity index (χ1n) is 7.12. The number of halogens is 1. The smallest absolute Gasteiger partial charge is 0.190 e. The van der Waals surface area contributed by atoms with E-state index in [1.54, 1.807) is 11.8 Å². The quantitative estimate of drug-likeness (QED) is 0.458. The van der Waals surface area contributed by atoms with Crippen molar-refractivity contribution in [1.82, 2.24) is 14.9 Å². The molecule has 0 aromatic carbocycles. The number of hydrogen-bond acceptors (Lipinski definition) is 5.